The van der Waals surface area contributed by atoms with Crippen molar-refractivity contribution in [3.63, 3.8) is 0 Å². The summed E-state index contributed by atoms with van der Waals surface area (Å²) in [6, 6.07) is 11.1. The zero-order chi connectivity index (χ0) is 19.2. The Hall–Kier alpha value is -2.18. The third-order valence-electron chi connectivity index (χ3n) is 5.35. The number of nitrogens with zero attached hydrogens (tertiary/aromatic N) is 4. The predicted molar refractivity (Wildman–Crippen MR) is 110 cm³/mol. The highest BCUT2D eigenvalue weighted by Gasteiger charge is 2.23. The summed E-state index contributed by atoms with van der Waals surface area (Å²) >= 11 is 0. The Morgan fingerprint density at radius 3 is 2.70 bits per heavy atom. The van der Waals surface area contributed by atoms with E-state index in [1.807, 2.05) is 6.07 Å². The van der Waals surface area contributed by atoms with Gasteiger partial charge in [0.15, 0.2) is 0 Å². The van der Waals surface area contributed by atoms with Gasteiger partial charge in [0, 0.05) is 19.2 Å². The molecule has 1 saturated heterocycles. The third kappa shape index (κ3) is 4.96. The Bertz CT molecular complexity index is 719. The first-order valence-electron chi connectivity index (χ1n) is 9.75. The van der Waals surface area contributed by atoms with Crippen molar-refractivity contribution >= 4 is 11.6 Å². The van der Waals surface area contributed by atoms with Crippen LogP contribution in [-0.4, -0.2) is 59.8 Å². The van der Waals surface area contributed by atoms with E-state index in [2.05, 4.69) is 70.4 Å². The van der Waals surface area contributed by atoms with Gasteiger partial charge in [0.1, 0.15) is 18.0 Å². The van der Waals surface area contributed by atoms with E-state index in [1.54, 1.807) is 6.33 Å². The summed E-state index contributed by atoms with van der Waals surface area (Å²) < 4.78 is 0. The molecule has 2 unspecified atom stereocenters. The van der Waals surface area contributed by atoms with Crippen LogP contribution in [0.15, 0.2) is 36.7 Å². The average molecular weight is 370 g/mol. The number of benzene rings is 1. The lowest BCUT2D eigenvalue weighted by molar-refractivity contribution is 0.239. The molecule has 1 aliphatic heterocycles. The fraction of sp³-hybridized carbons (Fsp3) is 0.524. The minimum Gasteiger partial charge on any atom is -0.394 e. The number of aryl methyl sites for hydroxylation is 1. The lowest BCUT2D eigenvalue weighted by Crippen LogP contribution is -2.42. The molecule has 2 N–H and O–H groups in total. The molecule has 1 fully saturated rings. The zero-order valence-corrected chi connectivity index (χ0v) is 16.6. The lowest BCUT2D eigenvalue weighted by atomic mass is 10.0. The van der Waals surface area contributed by atoms with Crippen molar-refractivity contribution in [2.24, 2.45) is 0 Å². The number of aliphatic hydroxyl groups excluding tert-OH is 1. The lowest BCUT2D eigenvalue weighted by Gasteiger charge is -2.35. The molecule has 2 aromatic rings. The second-order valence-corrected chi connectivity index (χ2v) is 7.56. The second-order valence-electron chi connectivity index (χ2n) is 7.56. The van der Waals surface area contributed by atoms with Crippen molar-refractivity contribution in [3.8, 4) is 0 Å². The number of anilines is 2. The van der Waals surface area contributed by atoms with E-state index >= 15 is 0 Å². The number of rotatable bonds is 7. The van der Waals surface area contributed by atoms with Crippen LogP contribution in [0.5, 0.6) is 0 Å². The minimum absolute atomic E-state index is 0.156. The summed E-state index contributed by atoms with van der Waals surface area (Å²) in [5.74, 6) is 1.71. The van der Waals surface area contributed by atoms with Crippen molar-refractivity contribution in [3.05, 3.63) is 47.8 Å². The average Bonchev–Trinajstić information content (AvgIpc) is 2.69. The normalized spacial score (nSPS) is 18.6. The molecule has 2 heterocycles. The molecular formula is C21H31N5O. The van der Waals surface area contributed by atoms with Crippen molar-refractivity contribution in [1.29, 1.82) is 0 Å². The Labute approximate surface area is 162 Å². The monoisotopic (exact) mass is 369 g/mol. The predicted octanol–water partition coefficient (Wildman–Crippen LogP) is 2.85. The number of hydrogen-bond donors (Lipinski definition) is 2. The smallest absolute Gasteiger partial charge is 0.134 e. The number of piperidine rings is 1. The first-order chi connectivity index (χ1) is 13.1. The fourth-order valence-corrected chi connectivity index (χ4v) is 3.68. The zero-order valence-electron chi connectivity index (χ0n) is 16.6. The quantitative estimate of drug-likeness (QED) is 0.782. The van der Waals surface area contributed by atoms with Crippen LogP contribution >= 0.6 is 0 Å². The van der Waals surface area contributed by atoms with Gasteiger partial charge < -0.3 is 20.2 Å². The van der Waals surface area contributed by atoms with Crippen LogP contribution in [0.2, 0.25) is 0 Å². The molecule has 1 aromatic carbocycles. The molecule has 6 nitrogen and oxygen atoms in total. The summed E-state index contributed by atoms with van der Waals surface area (Å²) in [6.45, 7) is 3.97. The third-order valence-corrected chi connectivity index (χ3v) is 5.35. The molecule has 1 aromatic heterocycles. The molecule has 146 valence electrons. The molecule has 0 amide bonds. The maximum atomic E-state index is 9.67. The van der Waals surface area contributed by atoms with E-state index in [-0.39, 0.29) is 18.7 Å². The van der Waals surface area contributed by atoms with Gasteiger partial charge in [-0.2, -0.15) is 0 Å². The largest absolute Gasteiger partial charge is 0.394 e. The molecule has 1 aliphatic rings. The molecule has 0 aliphatic carbocycles. The van der Waals surface area contributed by atoms with E-state index in [9.17, 15) is 5.11 Å². The number of aliphatic hydroxyl groups is 1. The topological polar surface area (TPSA) is 64.5 Å². The molecule has 0 spiro atoms. The van der Waals surface area contributed by atoms with Gasteiger partial charge in [-0.1, -0.05) is 29.8 Å². The van der Waals surface area contributed by atoms with Crippen LogP contribution < -0.4 is 10.2 Å². The Kier molecular flexibility index (Phi) is 6.63. The van der Waals surface area contributed by atoms with Gasteiger partial charge in [-0.3, -0.25) is 0 Å². The van der Waals surface area contributed by atoms with Crippen molar-refractivity contribution in [1.82, 2.24) is 14.9 Å². The molecule has 27 heavy (non-hydrogen) atoms. The number of aromatic nitrogens is 2. The van der Waals surface area contributed by atoms with E-state index in [0.29, 0.717) is 0 Å². The van der Waals surface area contributed by atoms with Gasteiger partial charge in [0.05, 0.1) is 18.7 Å². The molecule has 6 heteroatoms. The number of hydrogen-bond acceptors (Lipinski definition) is 6. The van der Waals surface area contributed by atoms with Gasteiger partial charge in [-0.05, 0) is 45.8 Å². The van der Waals surface area contributed by atoms with Crippen molar-refractivity contribution in [2.75, 3.05) is 44.0 Å². The van der Waals surface area contributed by atoms with Crippen LogP contribution in [0.3, 0.4) is 0 Å². The molecule has 0 bridgehead atoms. The van der Waals surface area contributed by atoms with Crippen molar-refractivity contribution < 1.29 is 5.11 Å². The minimum atomic E-state index is 0.156. The maximum absolute atomic E-state index is 9.67. The first-order valence-corrected chi connectivity index (χ1v) is 9.75. The van der Waals surface area contributed by atoms with E-state index < -0.39 is 0 Å². The summed E-state index contributed by atoms with van der Waals surface area (Å²) in [6.07, 6.45) is 4.93. The molecule has 2 atom stereocenters. The highest BCUT2D eigenvalue weighted by atomic mass is 16.3. The molecule has 0 saturated carbocycles. The van der Waals surface area contributed by atoms with E-state index in [0.717, 1.165) is 37.6 Å². The first kappa shape index (κ1) is 19.6. The van der Waals surface area contributed by atoms with Gasteiger partial charge in [-0.25, -0.2) is 9.97 Å². The van der Waals surface area contributed by atoms with Crippen LogP contribution in [0.25, 0.3) is 0 Å². The van der Waals surface area contributed by atoms with Crippen LogP contribution in [0, 0.1) is 6.92 Å². The summed E-state index contributed by atoms with van der Waals surface area (Å²) in [4.78, 5) is 13.3. The summed E-state index contributed by atoms with van der Waals surface area (Å²) in [5.41, 5.74) is 2.55. The van der Waals surface area contributed by atoms with Crippen molar-refractivity contribution in [2.45, 2.75) is 38.3 Å². The Morgan fingerprint density at radius 1 is 1.22 bits per heavy atom. The van der Waals surface area contributed by atoms with Crippen LogP contribution in [-0.2, 0) is 0 Å². The standard InChI is InChI=1S/C21H31N5O/c1-16-7-9-17(10-8-16)19(25(2)3)13-22-20-12-21(24-15-23-20)26-11-5-4-6-18(26)14-27/h7-10,12,15,18-19,27H,4-6,11,13-14H2,1-3H3,(H,22,23,24). The van der Waals surface area contributed by atoms with Gasteiger partial charge in [0.2, 0.25) is 0 Å². The number of nitrogens with one attached hydrogen (secondary N) is 1. The van der Waals surface area contributed by atoms with Crippen LogP contribution in [0.4, 0.5) is 11.6 Å². The highest BCUT2D eigenvalue weighted by Crippen LogP contribution is 2.25. The highest BCUT2D eigenvalue weighted by molar-refractivity contribution is 5.49. The van der Waals surface area contributed by atoms with E-state index in [1.165, 1.54) is 17.5 Å². The molecule has 0 radical (unpaired) electrons. The Morgan fingerprint density at radius 2 is 2.00 bits per heavy atom. The summed E-state index contributed by atoms with van der Waals surface area (Å²) in [7, 11) is 4.19. The second kappa shape index (κ2) is 9.15. The maximum Gasteiger partial charge on any atom is 0.134 e. The van der Waals surface area contributed by atoms with Crippen LogP contribution in [0.1, 0.15) is 36.4 Å². The van der Waals surface area contributed by atoms with Gasteiger partial charge in [-0.15, -0.1) is 0 Å². The van der Waals surface area contributed by atoms with Gasteiger partial charge >= 0.3 is 0 Å². The SMILES string of the molecule is Cc1ccc(C(CNc2cc(N3CCCCC3CO)ncn2)N(C)C)cc1. The number of likely N-dealkylation sites (N-methyl/N-ethyl adjacent to an activating group) is 1. The molecular weight excluding hydrogens is 338 g/mol. The Balaban J connectivity index is 1.70. The fourth-order valence-electron chi connectivity index (χ4n) is 3.68. The molecule has 3 rings (SSSR count). The summed E-state index contributed by atoms with van der Waals surface area (Å²) in [5, 5.41) is 13.1. The van der Waals surface area contributed by atoms with Gasteiger partial charge in [0.25, 0.3) is 0 Å². The van der Waals surface area contributed by atoms with E-state index in [4.69, 9.17) is 0 Å².